The van der Waals surface area contributed by atoms with Crippen LogP contribution in [0.1, 0.15) is 18.3 Å². The van der Waals surface area contributed by atoms with Crippen molar-refractivity contribution in [2.24, 2.45) is 5.73 Å². The predicted octanol–water partition coefficient (Wildman–Crippen LogP) is -0.318. The van der Waals surface area contributed by atoms with E-state index in [-0.39, 0.29) is 5.91 Å². The number of aromatic amines is 1. The number of nitrogens with one attached hydrogen (secondary N) is 2. The summed E-state index contributed by atoms with van der Waals surface area (Å²) < 4.78 is 0. The minimum Gasteiger partial charge on any atom is -0.349 e. The van der Waals surface area contributed by atoms with Crippen molar-refractivity contribution >= 4 is 5.91 Å². The fraction of sp³-hybridized carbons (Fsp3) is 0.500. The number of imidazole rings is 1. The topological polar surface area (TPSA) is 83.8 Å². The van der Waals surface area contributed by atoms with Gasteiger partial charge in [-0.3, -0.25) is 4.79 Å². The van der Waals surface area contributed by atoms with E-state index < -0.39 is 6.04 Å². The molecule has 0 saturated heterocycles. The van der Waals surface area contributed by atoms with Gasteiger partial charge in [0.1, 0.15) is 0 Å². The molecule has 0 radical (unpaired) electrons. The fourth-order valence-corrected chi connectivity index (χ4v) is 0.897. The first kappa shape index (κ1) is 9.73. The Morgan fingerprint density at radius 2 is 2.54 bits per heavy atom. The van der Waals surface area contributed by atoms with E-state index in [2.05, 4.69) is 15.3 Å². The van der Waals surface area contributed by atoms with Crippen molar-refractivity contribution < 1.29 is 4.79 Å². The van der Waals surface area contributed by atoms with Crippen LogP contribution in [-0.2, 0) is 11.3 Å². The Morgan fingerprint density at radius 3 is 3.00 bits per heavy atom. The van der Waals surface area contributed by atoms with Crippen molar-refractivity contribution in [3.63, 3.8) is 0 Å². The van der Waals surface area contributed by atoms with E-state index in [4.69, 9.17) is 5.73 Å². The second-order valence-electron chi connectivity index (χ2n) is 2.98. The van der Waals surface area contributed by atoms with E-state index in [0.29, 0.717) is 6.54 Å². The van der Waals surface area contributed by atoms with Crippen LogP contribution >= 0.6 is 0 Å². The van der Waals surface area contributed by atoms with Crippen LogP contribution in [0, 0.1) is 6.92 Å². The number of nitrogens with zero attached hydrogens (tertiary/aromatic N) is 1. The summed E-state index contributed by atoms with van der Waals surface area (Å²) in [7, 11) is 0. The first-order valence-corrected chi connectivity index (χ1v) is 4.13. The molecule has 0 aliphatic heterocycles. The highest BCUT2D eigenvalue weighted by atomic mass is 16.2. The molecule has 0 bridgehead atoms. The summed E-state index contributed by atoms with van der Waals surface area (Å²) >= 11 is 0. The number of rotatable bonds is 3. The predicted molar refractivity (Wildman–Crippen MR) is 48.8 cm³/mol. The Hall–Kier alpha value is -1.36. The number of carbonyl (C=O) groups excluding carboxylic acids is 1. The van der Waals surface area contributed by atoms with Gasteiger partial charge in [-0.1, -0.05) is 0 Å². The average Bonchev–Trinajstić information content (AvgIpc) is 2.47. The van der Waals surface area contributed by atoms with Crippen LogP contribution in [0.4, 0.5) is 0 Å². The molecule has 1 heterocycles. The molecule has 0 saturated carbocycles. The molecule has 0 spiro atoms. The van der Waals surface area contributed by atoms with Crippen LogP contribution < -0.4 is 11.1 Å². The van der Waals surface area contributed by atoms with Crippen LogP contribution in [0.2, 0.25) is 0 Å². The van der Waals surface area contributed by atoms with Gasteiger partial charge in [0.2, 0.25) is 5.91 Å². The Labute approximate surface area is 76.7 Å². The fourth-order valence-electron chi connectivity index (χ4n) is 0.897. The van der Waals surface area contributed by atoms with Crippen molar-refractivity contribution in [1.29, 1.82) is 0 Å². The molecule has 0 fully saturated rings. The van der Waals surface area contributed by atoms with Crippen LogP contribution in [0.5, 0.6) is 0 Å². The quantitative estimate of drug-likeness (QED) is 0.599. The monoisotopic (exact) mass is 182 g/mol. The lowest BCUT2D eigenvalue weighted by Gasteiger charge is -2.05. The van der Waals surface area contributed by atoms with Gasteiger partial charge in [0.25, 0.3) is 0 Å². The summed E-state index contributed by atoms with van der Waals surface area (Å²) in [5.41, 5.74) is 7.18. The largest absolute Gasteiger partial charge is 0.349 e. The highest BCUT2D eigenvalue weighted by molar-refractivity contribution is 5.80. The Kier molecular flexibility index (Phi) is 3.02. The maximum Gasteiger partial charge on any atom is 0.236 e. The van der Waals surface area contributed by atoms with Crippen molar-refractivity contribution in [2.75, 3.05) is 0 Å². The van der Waals surface area contributed by atoms with Crippen LogP contribution in [0.3, 0.4) is 0 Å². The third-order valence-corrected chi connectivity index (χ3v) is 1.78. The third-order valence-electron chi connectivity index (χ3n) is 1.78. The van der Waals surface area contributed by atoms with E-state index in [0.717, 1.165) is 11.4 Å². The van der Waals surface area contributed by atoms with Crippen molar-refractivity contribution in [3.05, 3.63) is 17.7 Å². The van der Waals surface area contributed by atoms with Gasteiger partial charge in [0.15, 0.2) is 0 Å². The minimum absolute atomic E-state index is 0.164. The molecule has 72 valence electrons. The summed E-state index contributed by atoms with van der Waals surface area (Å²) in [4.78, 5) is 18.0. The smallest absolute Gasteiger partial charge is 0.236 e. The standard InChI is InChI=1S/C8H14N4O/c1-5(9)8(13)10-3-7-6(2)11-4-12-7/h4-5H,3,9H2,1-2H3,(H,10,13)(H,11,12)/t5-/m1/s1. The number of H-pyrrole nitrogens is 1. The van der Waals surface area contributed by atoms with E-state index in [1.54, 1.807) is 13.3 Å². The van der Waals surface area contributed by atoms with E-state index >= 15 is 0 Å². The highest BCUT2D eigenvalue weighted by Crippen LogP contribution is 1.98. The molecule has 4 N–H and O–H groups in total. The second-order valence-corrected chi connectivity index (χ2v) is 2.98. The van der Waals surface area contributed by atoms with Gasteiger partial charge >= 0.3 is 0 Å². The van der Waals surface area contributed by atoms with Gasteiger partial charge in [-0.15, -0.1) is 0 Å². The average molecular weight is 182 g/mol. The summed E-state index contributed by atoms with van der Waals surface area (Å²) in [5.74, 6) is -0.164. The molecule has 1 amide bonds. The number of nitrogens with two attached hydrogens (primary N) is 1. The molecule has 0 unspecified atom stereocenters. The molecule has 0 aliphatic rings. The molecule has 0 aromatic carbocycles. The summed E-state index contributed by atoms with van der Waals surface area (Å²) in [6.45, 7) is 3.98. The summed E-state index contributed by atoms with van der Waals surface area (Å²) in [6, 6.07) is -0.473. The highest BCUT2D eigenvalue weighted by Gasteiger charge is 2.07. The number of hydrogen-bond acceptors (Lipinski definition) is 3. The Balaban J connectivity index is 2.44. The number of hydrogen-bond donors (Lipinski definition) is 3. The molecule has 1 atom stereocenters. The number of aryl methyl sites for hydroxylation is 1. The van der Waals surface area contributed by atoms with E-state index in [9.17, 15) is 4.79 Å². The SMILES string of the molecule is Cc1[nH]cnc1CNC(=O)[C@@H](C)N. The Bertz CT molecular complexity index is 292. The van der Waals surface area contributed by atoms with Gasteiger partial charge < -0.3 is 16.0 Å². The zero-order valence-electron chi connectivity index (χ0n) is 7.79. The van der Waals surface area contributed by atoms with Crippen molar-refractivity contribution in [1.82, 2.24) is 15.3 Å². The van der Waals surface area contributed by atoms with Crippen LogP contribution in [0.15, 0.2) is 6.33 Å². The van der Waals surface area contributed by atoms with Crippen LogP contribution in [-0.4, -0.2) is 21.9 Å². The number of carbonyl (C=O) groups is 1. The van der Waals surface area contributed by atoms with Crippen molar-refractivity contribution in [2.45, 2.75) is 26.4 Å². The number of aromatic nitrogens is 2. The molecular weight excluding hydrogens is 168 g/mol. The van der Waals surface area contributed by atoms with Crippen molar-refractivity contribution in [3.8, 4) is 0 Å². The first-order chi connectivity index (χ1) is 6.11. The lowest BCUT2D eigenvalue weighted by Crippen LogP contribution is -2.37. The van der Waals surface area contributed by atoms with Crippen LogP contribution in [0.25, 0.3) is 0 Å². The van der Waals surface area contributed by atoms with Gasteiger partial charge in [-0.05, 0) is 13.8 Å². The minimum atomic E-state index is -0.473. The van der Waals surface area contributed by atoms with Gasteiger partial charge in [-0.2, -0.15) is 0 Å². The normalized spacial score (nSPS) is 12.5. The second kappa shape index (κ2) is 4.04. The maximum atomic E-state index is 11.1. The molecular formula is C8H14N4O. The zero-order chi connectivity index (χ0) is 9.84. The molecule has 5 heteroatoms. The molecule has 13 heavy (non-hydrogen) atoms. The molecule has 0 aliphatic carbocycles. The third kappa shape index (κ3) is 2.55. The molecule has 1 aromatic heterocycles. The molecule has 1 rings (SSSR count). The van der Waals surface area contributed by atoms with E-state index in [1.807, 2.05) is 6.92 Å². The van der Waals surface area contributed by atoms with E-state index in [1.165, 1.54) is 0 Å². The maximum absolute atomic E-state index is 11.1. The van der Waals surface area contributed by atoms with Gasteiger partial charge in [-0.25, -0.2) is 4.98 Å². The van der Waals surface area contributed by atoms with Gasteiger partial charge in [0.05, 0.1) is 24.6 Å². The number of amides is 1. The van der Waals surface area contributed by atoms with Gasteiger partial charge in [0, 0.05) is 5.69 Å². The lowest BCUT2D eigenvalue weighted by molar-refractivity contribution is -0.122. The Morgan fingerprint density at radius 1 is 1.85 bits per heavy atom. The summed E-state index contributed by atoms with van der Waals surface area (Å²) in [6.07, 6.45) is 1.60. The first-order valence-electron chi connectivity index (χ1n) is 4.13. The lowest BCUT2D eigenvalue weighted by atomic mass is 10.3. The molecule has 1 aromatic rings. The summed E-state index contributed by atoms with van der Waals surface area (Å²) in [5, 5.41) is 2.68. The molecule has 5 nitrogen and oxygen atoms in total. The zero-order valence-corrected chi connectivity index (χ0v) is 7.79.